The summed E-state index contributed by atoms with van der Waals surface area (Å²) in [6.07, 6.45) is 4.28. The van der Waals surface area contributed by atoms with Crippen molar-refractivity contribution in [2.24, 2.45) is 0 Å². The third kappa shape index (κ3) is 4.02. The minimum atomic E-state index is -0.496. The molecule has 1 amide bonds. The SMILES string of the molecule is CCOC(=O)C=Cc1ccc(NC(=O)c2cnc3n(c2=O)CCS3)cc1. The molecule has 26 heavy (non-hydrogen) atoms. The average Bonchev–Trinajstić information content (AvgIpc) is 3.11. The van der Waals surface area contributed by atoms with Crippen LogP contribution in [-0.2, 0) is 16.1 Å². The lowest BCUT2D eigenvalue weighted by Crippen LogP contribution is -2.29. The first-order chi connectivity index (χ1) is 12.6. The molecule has 1 aromatic carbocycles. The Balaban J connectivity index is 1.69. The molecule has 0 fully saturated rings. The molecule has 3 rings (SSSR count). The molecule has 1 aromatic heterocycles. The lowest BCUT2D eigenvalue weighted by atomic mass is 10.2. The number of anilines is 1. The van der Waals surface area contributed by atoms with Crippen LogP contribution in [0.2, 0.25) is 0 Å². The van der Waals surface area contributed by atoms with Gasteiger partial charge in [-0.2, -0.15) is 0 Å². The van der Waals surface area contributed by atoms with Gasteiger partial charge in [-0.3, -0.25) is 14.2 Å². The molecule has 1 aliphatic rings. The van der Waals surface area contributed by atoms with Gasteiger partial charge in [0.15, 0.2) is 5.16 Å². The molecule has 0 saturated heterocycles. The lowest BCUT2D eigenvalue weighted by molar-refractivity contribution is -0.137. The number of esters is 1. The Hall–Kier alpha value is -2.87. The summed E-state index contributed by atoms with van der Waals surface area (Å²) in [4.78, 5) is 40.2. The van der Waals surface area contributed by atoms with Crippen LogP contribution in [0.25, 0.3) is 6.08 Å². The standard InChI is InChI=1S/C18H17N3O4S/c1-2-25-15(22)8-5-12-3-6-13(7-4-12)20-16(23)14-11-19-18-21(17(14)24)9-10-26-18/h3-8,11H,2,9-10H2,1H3,(H,20,23). The van der Waals surface area contributed by atoms with Gasteiger partial charge < -0.3 is 10.1 Å². The van der Waals surface area contributed by atoms with Crippen LogP contribution in [0, 0.1) is 0 Å². The summed E-state index contributed by atoms with van der Waals surface area (Å²) in [5, 5.41) is 3.33. The van der Waals surface area contributed by atoms with Crippen molar-refractivity contribution >= 4 is 35.4 Å². The van der Waals surface area contributed by atoms with Gasteiger partial charge >= 0.3 is 5.97 Å². The van der Waals surface area contributed by atoms with E-state index in [-0.39, 0.29) is 11.1 Å². The topological polar surface area (TPSA) is 90.3 Å². The zero-order valence-electron chi connectivity index (χ0n) is 14.1. The number of hydrogen-bond acceptors (Lipinski definition) is 6. The van der Waals surface area contributed by atoms with Gasteiger partial charge in [0.1, 0.15) is 5.56 Å². The Labute approximate surface area is 154 Å². The molecule has 8 heteroatoms. The van der Waals surface area contributed by atoms with Crippen LogP contribution in [0.1, 0.15) is 22.8 Å². The number of rotatable bonds is 5. The number of hydrogen-bond donors (Lipinski definition) is 1. The fourth-order valence-corrected chi connectivity index (χ4v) is 3.32. The smallest absolute Gasteiger partial charge is 0.330 e. The quantitative estimate of drug-likeness (QED) is 0.492. The molecule has 0 atom stereocenters. The van der Waals surface area contributed by atoms with Gasteiger partial charge in [-0.1, -0.05) is 23.9 Å². The first-order valence-corrected chi connectivity index (χ1v) is 9.06. The summed E-state index contributed by atoms with van der Waals surface area (Å²) < 4.78 is 6.33. The molecule has 1 aliphatic heterocycles. The molecule has 0 spiro atoms. The maximum atomic E-state index is 12.4. The second-order valence-electron chi connectivity index (χ2n) is 5.42. The van der Waals surface area contributed by atoms with Crippen LogP contribution in [0.3, 0.4) is 0 Å². The largest absolute Gasteiger partial charge is 0.463 e. The summed E-state index contributed by atoms with van der Waals surface area (Å²) in [7, 11) is 0. The number of ether oxygens (including phenoxy) is 1. The summed E-state index contributed by atoms with van der Waals surface area (Å²) in [6, 6.07) is 6.87. The van der Waals surface area contributed by atoms with Gasteiger partial charge in [-0.05, 0) is 30.7 Å². The third-order valence-corrected chi connectivity index (χ3v) is 4.64. The van der Waals surface area contributed by atoms with Crippen molar-refractivity contribution in [3.05, 3.63) is 58.0 Å². The predicted octanol–water partition coefficient (Wildman–Crippen LogP) is 2.18. The molecule has 2 heterocycles. The normalized spacial score (nSPS) is 12.8. The second-order valence-corrected chi connectivity index (χ2v) is 6.48. The van der Waals surface area contributed by atoms with Crippen LogP contribution in [-0.4, -0.2) is 33.8 Å². The van der Waals surface area contributed by atoms with Crippen molar-refractivity contribution in [1.82, 2.24) is 9.55 Å². The molecule has 2 aromatic rings. The summed E-state index contributed by atoms with van der Waals surface area (Å²) >= 11 is 1.50. The van der Waals surface area contributed by atoms with E-state index in [4.69, 9.17) is 4.74 Å². The average molecular weight is 371 g/mol. The third-order valence-electron chi connectivity index (χ3n) is 3.67. The molecule has 0 unspecified atom stereocenters. The number of aromatic nitrogens is 2. The van der Waals surface area contributed by atoms with Gasteiger partial charge in [0.05, 0.1) is 6.61 Å². The predicted molar refractivity (Wildman–Crippen MR) is 99.3 cm³/mol. The Bertz CT molecular complexity index is 919. The van der Waals surface area contributed by atoms with Crippen molar-refractivity contribution < 1.29 is 14.3 Å². The van der Waals surface area contributed by atoms with Crippen molar-refractivity contribution in [3.63, 3.8) is 0 Å². The van der Waals surface area contributed by atoms with E-state index in [0.717, 1.165) is 11.3 Å². The first kappa shape index (κ1) is 17.9. The van der Waals surface area contributed by atoms with Crippen LogP contribution in [0.5, 0.6) is 0 Å². The zero-order chi connectivity index (χ0) is 18.5. The number of thioether (sulfide) groups is 1. The second kappa shape index (κ2) is 8.01. The van der Waals surface area contributed by atoms with Crippen LogP contribution >= 0.6 is 11.8 Å². The monoisotopic (exact) mass is 371 g/mol. The van der Waals surface area contributed by atoms with E-state index >= 15 is 0 Å². The van der Waals surface area contributed by atoms with Gasteiger partial charge in [0.25, 0.3) is 11.5 Å². The van der Waals surface area contributed by atoms with Gasteiger partial charge in [0, 0.05) is 30.3 Å². The summed E-state index contributed by atoms with van der Waals surface area (Å²) in [5.41, 5.74) is 1.02. The molecule has 0 radical (unpaired) electrons. The number of nitrogens with zero attached hydrogens (tertiary/aromatic N) is 2. The highest BCUT2D eigenvalue weighted by Gasteiger charge is 2.19. The maximum Gasteiger partial charge on any atom is 0.330 e. The Morgan fingerprint density at radius 3 is 2.85 bits per heavy atom. The minimum absolute atomic E-state index is 0.0162. The minimum Gasteiger partial charge on any atom is -0.463 e. The number of nitrogens with one attached hydrogen (secondary N) is 1. The highest BCUT2D eigenvalue weighted by molar-refractivity contribution is 7.99. The van der Waals surface area contributed by atoms with Crippen LogP contribution < -0.4 is 10.9 Å². The first-order valence-electron chi connectivity index (χ1n) is 8.07. The number of amides is 1. The van der Waals surface area contributed by atoms with E-state index in [2.05, 4.69) is 10.3 Å². The molecule has 0 aliphatic carbocycles. The van der Waals surface area contributed by atoms with E-state index in [0.29, 0.717) is 24.0 Å². The highest BCUT2D eigenvalue weighted by atomic mass is 32.2. The number of fused-ring (bicyclic) bond motifs is 1. The molecule has 7 nitrogen and oxygen atoms in total. The molecule has 0 bridgehead atoms. The molecular weight excluding hydrogens is 354 g/mol. The van der Waals surface area contributed by atoms with Crippen LogP contribution in [0.4, 0.5) is 5.69 Å². The number of carbonyl (C=O) groups is 2. The fourth-order valence-electron chi connectivity index (χ4n) is 2.40. The number of carbonyl (C=O) groups excluding carboxylic acids is 2. The van der Waals surface area contributed by atoms with Crippen molar-refractivity contribution in [2.75, 3.05) is 17.7 Å². The molecule has 1 N–H and O–H groups in total. The fraction of sp³-hybridized carbons (Fsp3) is 0.222. The molecular formula is C18H17N3O4S. The van der Waals surface area contributed by atoms with E-state index in [9.17, 15) is 14.4 Å². The lowest BCUT2D eigenvalue weighted by Gasteiger charge is -2.07. The summed E-state index contributed by atoms with van der Waals surface area (Å²) in [5.74, 6) is -0.120. The maximum absolute atomic E-state index is 12.4. The van der Waals surface area contributed by atoms with Gasteiger partial charge in [0.2, 0.25) is 0 Å². The van der Waals surface area contributed by atoms with E-state index < -0.39 is 11.9 Å². The Morgan fingerprint density at radius 2 is 2.12 bits per heavy atom. The zero-order valence-corrected chi connectivity index (χ0v) is 14.9. The van der Waals surface area contributed by atoms with Crippen LogP contribution in [0.15, 0.2) is 46.5 Å². The highest BCUT2D eigenvalue weighted by Crippen LogP contribution is 2.20. The van der Waals surface area contributed by atoms with Crippen molar-refractivity contribution in [1.29, 1.82) is 0 Å². The van der Waals surface area contributed by atoms with Gasteiger partial charge in [-0.15, -0.1) is 0 Å². The Morgan fingerprint density at radius 1 is 1.35 bits per heavy atom. The van der Waals surface area contributed by atoms with E-state index in [1.165, 1.54) is 28.6 Å². The number of benzene rings is 1. The van der Waals surface area contributed by atoms with Crippen molar-refractivity contribution in [2.45, 2.75) is 18.6 Å². The van der Waals surface area contributed by atoms with Gasteiger partial charge in [-0.25, -0.2) is 9.78 Å². The van der Waals surface area contributed by atoms with E-state index in [1.807, 2.05) is 0 Å². The molecule has 0 saturated carbocycles. The summed E-state index contributed by atoms with van der Waals surface area (Å²) in [6.45, 7) is 2.63. The molecule has 134 valence electrons. The van der Waals surface area contributed by atoms with Crippen molar-refractivity contribution in [3.8, 4) is 0 Å². The Kier molecular flexibility index (Phi) is 5.52. The van der Waals surface area contributed by atoms with E-state index in [1.54, 1.807) is 37.3 Å².